The van der Waals surface area contributed by atoms with Crippen LogP contribution in [0.15, 0.2) is 35.0 Å². The molecular formula is C15H9ClF3N3O2. The lowest BCUT2D eigenvalue weighted by Gasteiger charge is -2.15. The largest absolute Gasteiger partial charge is 0.449 e. The topological polar surface area (TPSA) is 74.8 Å². The second kappa shape index (κ2) is 5.48. The van der Waals surface area contributed by atoms with Crippen molar-refractivity contribution in [2.24, 2.45) is 0 Å². The van der Waals surface area contributed by atoms with Crippen molar-refractivity contribution in [1.29, 1.82) is 0 Å². The van der Waals surface area contributed by atoms with Gasteiger partial charge in [0.15, 0.2) is 0 Å². The number of Topliss-reactive ketones (excluding diaryl/α,β-unsaturated/α-hetero) is 2. The van der Waals surface area contributed by atoms with Crippen LogP contribution in [0.3, 0.4) is 0 Å². The minimum atomic E-state index is -4.81. The summed E-state index contributed by atoms with van der Waals surface area (Å²) in [6.45, 7) is 1.86. The third-order valence-electron chi connectivity index (χ3n) is 3.38. The number of carbonyl (C=O) groups is 2. The van der Waals surface area contributed by atoms with Crippen LogP contribution in [0.1, 0.15) is 32.4 Å². The number of imidazole rings is 1. The summed E-state index contributed by atoms with van der Waals surface area (Å²) in [5.41, 5.74) is -0.0441. The highest BCUT2D eigenvalue weighted by molar-refractivity contribution is 6.49. The van der Waals surface area contributed by atoms with Gasteiger partial charge in [0.25, 0.3) is 0 Å². The van der Waals surface area contributed by atoms with Crippen LogP contribution in [-0.4, -0.2) is 21.5 Å². The van der Waals surface area contributed by atoms with Crippen molar-refractivity contribution < 1.29 is 22.8 Å². The van der Waals surface area contributed by atoms with E-state index in [9.17, 15) is 22.8 Å². The quantitative estimate of drug-likeness (QED) is 0.861. The summed E-state index contributed by atoms with van der Waals surface area (Å²) in [5.74, 6) is -3.24. The fourth-order valence-electron chi connectivity index (χ4n) is 2.17. The van der Waals surface area contributed by atoms with E-state index in [4.69, 9.17) is 11.6 Å². The standard InChI is InChI=1S/C15H9ClF3N3O2/c1-6-2-4-7(5-3-6)20-9-8(16)12(23)10-11(13(9)24)22-14(21-10)15(17,18)19/h2-5,20H,1H3,(H,21,22). The van der Waals surface area contributed by atoms with E-state index >= 15 is 0 Å². The Bertz CT molecular complexity index is 882. The SMILES string of the molecule is Cc1ccc(NC2=C(Cl)C(=O)c3[nH]c(C(F)(F)F)nc3C2=O)cc1. The van der Waals surface area contributed by atoms with Crippen LogP contribution in [0.4, 0.5) is 18.9 Å². The van der Waals surface area contributed by atoms with Crippen LogP contribution in [0.25, 0.3) is 0 Å². The Hall–Kier alpha value is -2.61. The zero-order valence-corrected chi connectivity index (χ0v) is 12.8. The average Bonchev–Trinajstić information content (AvgIpc) is 2.97. The maximum absolute atomic E-state index is 12.7. The predicted octanol–water partition coefficient (Wildman–Crippen LogP) is 3.68. The minimum absolute atomic E-state index is 0.307. The molecule has 1 aromatic carbocycles. The molecule has 0 amide bonds. The lowest BCUT2D eigenvalue weighted by molar-refractivity contribution is -0.144. The zero-order chi connectivity index (χ0) is 17.6. The van der Waals surface area contributed by atoms with Gasteiger partial charge in [-0.3, -0.25) is 9.59 Å². The van der Waals surface area contributed by atoms with Crippen LogP contribution in [-0.2, 0) is 6.18 Å². The summed E-state index contributed by atoms with van der Waals surface area (Å²) < 4.78 is 38.2. The summed E-state index contributed by atoms with van der Waals surface area (Å²) in [6.07, 6.45) is -4.81. The van der Waals surface area contributed by atoms with Gasteiger partial charge in [0.2, 0.25) is 17.4 Å². The Balaban J connectivity index is 2.01. The Labute approximate surface area is 138 Å². The summed E-state index contributed by atoms with van der Waals surface area (Å²) in [6, 6.07) is 6.80. The molecule has 0 bridgehead atoms. The lowest BCUT2D eigenvalue weighted by Crippen LogP contribution is -2.24. The smallest absolute Gasteiger partial charge is 0.351 e. The van der Waals surface area contributed by atoms with Gasteiger partial charge in [-0.05, 0) is 19.1 Å². The molecule has 0 radical (unpaired) electrons. The number of rotatable bonds is 2. The molecule has 0 atom stereocenters. The fourth-order valence-corrected chi connectivity index (χ4v) is 2.40. The third kappa shape index (κ3) is 2.69. The van der Waals surface area contributed by atoms with Crippen molar-refractivity contribution >= 4 is 28.9 Å². The fraction of sp³-hybridized carbons (Fsp3) is 0.133. The second-order valence-electron chi connectivity index (χ2n) is 5.15. The molecule has 1 aliphatic rings. The summed E-state index contributed by atoms with van der Waals surface area (Å²) in [5, 5.41) is 2.17. The van der Waals surface area contributed by atoms with Crippen molar-refractivity contribution in [3.63, 3.8) is 0 Å². The predicted molar refractivity (Wildman–Crippen MR) is 79.9 cm³/mol. The number of aryl methyl sites for hydroxylation is 1. The van der Waals surface area contributed by atoms with Crippen molar-refractivity contribution in [2.75, 3.05) is 5.32 Å². The number of ketones is 2. The Morgan fingerprint density at radius 3 is 2.33 bits per heavy atom. The van der Waals surface area contributed by atoms with Gasteiger partial charge in [-0.1, -0.05) is 29.3 Å². The van der Waals surface area contributed by atoms with E-state index in [1.54, 1.807) is 24.3 Å². The number of aromatic nitrogens is 2. The number of anilines is 1. The van der Waals surface area contributed by atoms with Crippen LogP contribution in [0.2, 0.25) is 0 Å². The highest BCUT2D eigenvalue weighted by Gasteiger charge is 2.41. The van der Waals surface area contributed by atoms with E-state index < -0.39 is 40.0 Å². The highest BCUT2D eigenvalue weighted by atomic mass is 35.5. The first-order valence-electron chi connectivity index (χ1n) is 6.68. The number of allylic oxidation sites excluding steroid dienone is 2. The van der Waals surface area contributed by atoms with E-state index in [-0.39, 0.29) is 5.70 Å². The molecule has 2 aromatic rings. The molecule has 124 valence electrons. The Morgan fingerprint density at radius 1 is 1.12 bits per heavy atom. The molecule has 0 saturated carbocycles. The molecule has 1 heterocycles. The maximum Gasteiger partial charge on any atom is 0.449 e. The van der Waals surface area contributed by atoms with Crippen LogP contribution in [0, 0.1) is 6.92 Å². The van der Waals surface area contributed by atoms with E-state index in [0.717, 1.165) is 5.56 Å². The Kier molecular flexibility index (Phi) is 3.71. The molecule has 0 spiro atoms. The molecule has 2 N–H and O–H groups in total. The van der Waals surface area contributed by atoms with Gasteiger partial charge in [0.1, 0.15) is 22.1 Å². The van der Waals surface area contributed by atoms with E-state index in [1.807, 2.05) is 11.9 Å². The molecule has 1 aromatic heterocycles. The molecule has 0 unspecified atom stereocenters. The third-order valence-corrected chi connectivity index (χ3v) is 3.74. The Morgan fingerprint density at radius 2 is 1.75 bits per heavy atom. The van der Waals surface area contributed by atoms with Gasteiger partial charge in [-0.25, -0.2) is 4.98 Å². The first-order valence-corrected chi connectivity index (χ1v) is 7.06. The summed E-state index contributed by atoms with van der Waals surface area (Å²) in [4.78, 5) is 29.5. The van der Waals surface area contributed by atoms with E-state index in [1.165, 1.54) is 0 Å². The number of benzene rings is 1. The van der Waals surface area contributed by atoms with Crippen LogP contribution < -0.4 is 5.32 Å². The molecule has 0 fully saturated rings. The number of alkyl halides is 3. The van der Waals surface area contributed by atoms with Gasteiger partial charge >= 0.3 is 6.18 Å². The number of carbonyl (C=O) groups excluding carboxylic acids is 2. The lowest BCUT2D eigenvalue weighted by atomic mass is 10.0. The molecule has 1 aliphatic carbocycles. The van der Waals surface area contributed by atoms with Gasteiger partial charge < -0.3 is 10.3 Å². The monoisotopic (exact) mass is 355 g/mol. The van der Waals surface area contributed by atoms with Gasteiger partial charge in [0.05, 0.1) is 0 Å². The summed E-state index contributed by atoms with van der Waals surface area (Å²) in [7, 11) is 0. The zero-order valence-electron chi connectivity index (χ0n) is 12.1. The normalized spacial score (nSPS) is 14.9. The number of hydrogen-bond donors (Lipinski definition) is 2. The van der Waals surface area contributed by atoms with Crippen molar-refractivity contribution in [2.45, 2.75) is 13.1 Å². The van der Waals surface area contributed by atoms with E-state index in [2.05, 4.69) is 10.3 Å². The molecule has 5 nitrogen and oxygen atoms in total. The molecule has 24 heavy (non-hydrogen) atoms. The highest BCUT2D eigenvalue weighted by Crippen LogP contribution is 2.33. The summed E-state index contributed by atoms with van der Waals surface area (Å²) >= 11 is 5.88. The van der Waals surface area contributed by atoms with Gasteiger partial charge in [-0.15, -0.1) is 0 Å². The number of aromatic amines is 1. The number of nitrogens with zero attached hydrogens (tertiary/aromatic N) is 1. The van der Waals surface area contributed by atoms with Crippen molar-refractivity contribution in [3.8, 4) is 0 Å². The van der Waals surface area contributed by atoms with Crippen LogP contribution in [0.5, 0.6) is 0 Å². The number of nitrogens with one attached hydrogen (secondary N) is 2. The van der Waals surface area contributed by atoms with Crippen molar-refractivity contribution in [1.82, 2.24) is 9.97 Å². The number of fused-ring (bicyclic) bond motifs is 1. The van der Waals surface area contributed by atoms with Crippen molar-refractivity contribution in [3.05, 3.63) is 57.8 Å². The average molecular weight is 356 g/mol. The van der Waals surface area contributed by atoms with Gasteiger partial charge in [0, 0.05) is 5.69 Å². The maximum atomic E-state index is 12.7. The molecule has 9 heteroatoms. The number of hydrogen-bond acceptors (Lipinski definition) is 4. The second-order valence-corrected chi connectivity index (χ2v) is 5.52. The molecule has 0 saturated heterocycles. The molecular weight excluding hydrogens is 347 g/mol. The first kappa shape index (κ1) is 16.3. The number of H-pyrrole nitrogens is 1. The van der Waals surface area contributed by atoms with E-state index in [0.29, 0.717) is 5.69 Å². The minimum Gasteiger partial charge on any atom is -0.351 e. The molecule has 3 rings (SSSR count). The first-order chi connectivity index (χ1) is 11.2. The number of halogens is 4. The van der Waals surface area contributed by atoms with Gasteiger partial charge in [-0.2, -0.15) is 13.2 Å². The van der Waals surface area contributed by atoms with Crippen LogP contribution >= 0.6 is 11.6 Å². The molecule has 0 aliphatic heterocycles.